The molecule has 0 heterocycles. The molecule has 8 heteroatoms. The summed E-state index contributed by atoms with van der Waals surface area (Å²) in [6, 6.07) is 4.91. The molecule has 3 nitrogen and oxygen atoms in total. The highest BCUT2D eigenvalue weighted by molar-refractivity contribution is 14.1. The molecule has 0 fully saturated rings. The lowest BCUT2D eigenvalue weighted by atomic mass is 10.2. The minimum absolute atomic E-state index is 0.147. The van der Waals surface area contributed by atoms with Crippen LogP contribution in [0.3, 0.4) is 0 Å². The number of nitrogens with one attached hydrogen (secondary N) is 1. The molecule has 1 aromatic rings. The van der Waals surface area contributed by atoms with Crippen LogP contribution in [-0.2, 0) is 6.18 Å². The van der Waals surface area contributed by atoms with E-state index in [0.29, 0.717) is 0 Å². The molecule has 0 spiro atoms. The van der Waals surface area contributed by atoms with Crippen LogP contribution in [-0.4, -0.2) is 0 Å². The Kier molecular flexibility index (Phi) is 5.04. The van der Waals surface area contributed by atoms with E-state index in [4.69, 9.17) is 22.1 Å². The van der Waals surface area contributed by atoms with Gasteiger partial charge in [-0.1, -0.05) is 11.6 Å². The molecule has 0 aromatic heterocycles. The molecule has 0 saturated carbocycles. The number of allylic oxidation sites excluding steroid dienone is 1. The lowest BCUT2D eigenvalue weighted by Crippen LogP contribution is -2.06. The highest BCUT2D eigenvalue weighted by Crippen LogP contribution is 2.36. The Balaban J connectivity index is 3.17. The SMILES string of the molecule is N#CC(C#N)=CNc1c(Cl)cc(C(F)(F)F)cc1I. The zero-order chi connectivity index (χ0) is 14.6. The summed E-state index contributed by atoms with van der Waals surface area (Å²) in [7, 11) is 0. The lowest BCUT2D eigenvalue weighted by Gasteiger charge is -2.12. The first-order valence-electron chi connectivity index (χ1n) is 4.62. The van der Waals surface area contributed by atoms with E-state index < -0.39 is 11.7 Å². The molecule has 0 aliphatic heterocycles. The van der Waals surface area contributed by atoms with Gasteiger partial charge in [0.1, 0.15) is 17.7 Å². The Bertz CT molecular complexity index is 572. The standard InChI is InChI=1S/C11H4ClF3IN3/c12-8-1-7(11(13,14)15)2-9(16)10(8)19-5-6(3-17)4-18/h1-2,5,19H. The molecule has 0 unspecified atom stereocenters. The van der Waals surface area contributed by atoms with Gasteiger partial charge >= 0.3 is 6.18 Å². The number of anilines is 1. The summed E-state index contributed by atoms with van der Waals surface area (Å²) in [5.74, 6) is 0. The van der Waals surface area contributed by atoms with E-state index in [1.165, 1.54) is 0 Å². The van der Waals surface area contributed by atoms with Crippen LogP contribution in [0.5, 0.6) is 0 Å². The van der Waals surface area contributed by atoms with Crippen molar-refractivity contribution in [2.45, 2.75) is 6.18 Å². The van der Waals surface area contributed by atoms with E-state index in [-0.39, 0.29) is 19.9 Å². The minimum Gasteiger partial charge on any atom is -0.358 e. The van der Waals surface area contributed by atoms with Crippen molar-refractivity contribution in [3.63, 3.8) is 0 Å². The summed E-state index contributed by atoms with van der Waals surface area (Å²) in [6.07, 6.45) is -3.40. The van der Waals surface area contributed by atoms with Gasteiger partial charge < -0.3 is 5.32 Å². The molecule has 0 amide bonds. The third kappa shape index (κ3) is 4.01. The first kappa shape index (κ1) is 15.6. The summed E-state index contributed by atoms with van der Waals surface area (Å²) < 4.78 is 37.8. The fraction of sp³-hybridized carbons (Fsp3) is 0.0909. The van der Waals surface area contributed by atoms with Crippen molar-refractivity contribution in [1.82, 2.24) is 0 Å². The summed E-state index contributed by atoms with van der Waals surface area (Å²) >= 11 is 7.43. The molecule has 1 aromatic carbocycles. The molecule has 0 radical (unpaired) electrons. The van der Waals surface area contributed by atoms with Crippen molar-refractivity contribution in [2.24, 2.45) is 0 Å². The van der Waals surface area contributed by atoms with Gasteiger partial charge in [0, 0.05) is 9.77 Å². The Hall–Kier alpha value is -1.45. The van der Waals surface area contributed by atoms with Crippen LogP contribution >= 0.6 is 34.2 Å². The van der Waals surface area contributed by atoms with Crippen molar-refractivity contribution in [3.05, 3.63) is 38.1 Å². The Labute approximate surface area is 125 Å². The number of nitriles is 2. The second-order valence-corrected chi connectivity index (χ2v) is 4.81. The van der Waals surface area contributed by atoms with Gasteiger partial charge in [0.25, 0.3) is 0 Å². The summed E-state index contributed by atoms with van der Waals surface area (Å²) in [5.41, 5.74) is -0.873. The molecule has 0 aliphatic carbocycles. The largest absolute Gasteiger partial charge is 0.416 e. The predicted molar refractivity (Wildman–Crippen MR) is 72.1 cm³/mol. The Morgan fingerprint density at radius 3 is 2.32 bits per heavy atom. The van der Waals surface area contributed by atoms with Crippen LogP contribution in [0, 0.1) is 26.2 Å². The lowest BCUT2D eigenvalue weighted by molar-refractivity contribution is -0.137. The molecule has 98 valence electrons. The summed E-state index contributed by atoms with van der Waals surface area (Å²) in [5, 5.41) is 19.5. The van der Waals surface area contributed by atoms with E-state index in [1.807, 2.05) is 0 Å². The van der Waals surface area contributed by atoms with Gasteiger partial charge in [0.05, 0.1) is 16.3 Å². The number of halogens is 5. The highest BCUT2D eigenvalue weighted by Gasteiger charge is 2.31. The first-order chi connectivity index (χ1) is 8.79. The van der Waals surface area contributed by atoms with Gasteiger partial charge in [-0.05, 0) is 34.7 Å². The third-order valence-corrected chi connectivity index (χ3v) is 3.12. The minimum atomic E-state index is -4.48. The number of rotatable bonds is 2. The molecule has 1 rings (SSSR count). The highest BCUT2D eigenvalue weighted by atomic mass is 127. The molecule has 0 bridgehead atoms. The number of benzene rings is 1. The maximum atomic E-state index is 12.5. The van der Waals surface area contributed by atoms with E-state index in [9.17, 15) is 13.2 Å². The topological polar surface area (TPSA) is 59.6 Å². The average Bonchev–Trinajstić information content (AvgIpc) is 2.31. The number of hydrogen-bond acceptors (Lipinski definition) is 3. The predicted octanol–water partition coefficient (Wildman–Crippen LogP) is 4.31. The molecular weight excluding hydrogens is 393 g/mol. The quantitative estimate of drug-likeness (QED) is 0.598. The van der Waals surface area contributed by atoms with Crippen molar-refractivity contribution in [1.29, 1.82) is 10.5 Å². The Morgan fingerprint density at radius 1 is 1.32 bits per heavy atom. The van der Waals surface area contributed by atoms with Crippen molar-refractivity contribution < 1.29 is 13.2 Å². The number of nitrogens with zero attached hydrogens (tertiary/aromatic N) is 2. The normalized spacial score (nSPS) is 10.3. The van der Waals surface area contributed by atoms with Crippen LogP contribution in [0.15, 0.2) is 23.9 Å². The monoisotopic (exact) mass is 397 g/mol. The fourth-order valence-corrected chi connectivity index (χ4v) is 2.32. The van der Waals surface area contributed by atoms with E-state index in [2.05, 4.69) is 5.32 Å². The van der Waals surface area contributed by atoms with Gasteiger partial charge in [0.2, 0.25) is 0 Å². The van der Waals surface area contributed by atoms with Gasteiger partial charge in [-0.25, -0.2) is 0 Å². The van der Waals surface area contributed by atoms with Crippen LogP contribution in [0.1, 0.15) is 5.56 Å². The van der Waals surface area contributed by atoms with Crippen LogP contribution in [0.25, 0.3) is 0 Å². The number of hydrogen-bond donors (Lipinski definition) is 1. The van der Waals surface area contributed by atoms with Crippen molar-refractivity contribution >= 4 is 39.9 Å². The fourth-order valence-electron chi connectivity index (χ4n) is 1.11. The summed E-state index contributed by atoms with van der Waals surface area (Å²) in [6.45, 7) is 0. The molecule has 0 atom stereocenters. The number of alkyl halides is 3. The van der Waals surface area contributed by atoms with E-state index in [0.717, 1.165) is 18.3 Å². The third-order valence-electron chi connectivity index (χ3n) is 1.97. The van der Waals surface area contributed by atoms with Gasteiger partial charge in [-0.3, -0.25) is 0 Å². The van der Waals surface area contributed by atoms with Crippen molar-refractivity contribution in [2.75, 3.05) is 5.32 Å². The maximum Gasteiger partial charge on any atom is 0.416 e. The van der Waals surface area contributed by atoms with Crippen LogP contribution in [0.2, 0.25) is 5.02 Å². The Morgan fingerprint density at radius 2 is 1.89 bits per heavy atom. The molecule has 0 saturated heterocycles. The van der Waals surface area contributed by atoms with Gasteiger partial charge in [-0.15, -0.1) is 0 Å². The van der Waals surface area contributed by atoms with Gasteiger partial charge in [0.15, 0.2) is 0 Å². The molecular formula is C11H4ClF3IN3. The molecule has 1 N–H and O–H groups in total. The molecule has 0 aliphatic rings. The zero-order valence-electron chi connectivity index (χ0n) is 9.02. The second kappa shape index (κ2) is 6.13. The smallest absolute Gasteiger partial charge is 0.358 e. The van der Waals surface area contributed by atoms with Gasteiger partial charge in [-0.2, -0.15) is 23.7 Å². The molecule has 19 heavy (non-hydrogen) atoms. The second-order valence-electron chi connectivity index (χ2n) is 3.24. The average molecular weight is 398 g/mol. The van der Waals surface area contributed by atoms with Crippen LogP contribution < -0.4 is 5.32 Å². The maximum absolute atomic E-state index is 12.5. The van der Waals surface area contributed by atoms with Crippen LogP contribution in [0.4, 0.5) is 18.9 Å². The van der Waals surface area contributed by atoms with E-state index >= 15 is 0 Å². The zero-order valence-corrected chi connectivity index (χ0v) is 11.9. The van der Waals surface area contributed by atoms with E-state index in [1.54, 1.807) is 34.7 Å². The summed E-state index contributed by atoms with van der Waals surface area (Å²) in [4.78, 5) is 0. The first-order valence-corrected chi connectivity index (χ1v) is 6.08. The van der Waals surface area contributed by atoms with Crippen molar-refractivity contribution in [3.8, 4) is 12.1 Å².